The molecule has 0 N–H and O–H groups in total. The summed E-state index contributed by atoms with van der Waals surface area (Å²) in [5, 5.41) is 0. The van der Waals surface area contributed by atoms with Gasteiger partial charge in [0.25, 0.3) is 0 Å². The number of Topliss-reactive ketones (excluding diaryl/α,β-unsaturated/α-hetero) is 1. The Morgan fingerprint density at radius 2 is 1.74 bits per heavy atom. The van der Waals surface area contributed by atoms with Gasteiger partial charge in [0, 0.05) is 18.1 Å². The molecule has 3 nitrogen and oxygen atoms in total. The standard InChI is InChI=1S/C9H10O.C7H12O2/c1-2-9(10)8-6-4-3-5-7-8;1-5-6(8)9-7(2,3)4/h3-7H,2H2,1H3;5H,1H2,2-4H3. The number of carbonyl (C=O) groups excluding carboxylic acids is 2. The Balaban J connectivity index is 0.000000344. The van der Waals surface area contributed by atoms with Gasteiger partial charge in [-0.3, -0.25) is 4.79 Å². The smallest absolute Gasteiger partial charge is 0.330 e. The minimum absolute atomic E-state index is 0.209. The highest BCUT2D eigenvalue weighted by atomic mass is 16.6. The molecule has 0 saturated heterocycles. The third-order valence-electron chi connectivity index (χ3n) is 1.99. The molecule has 0 aliphatic carbocycles. The molecule has 0 atom stereocenters. The number of ether oxygens (including phenoxy) is 1. The SMILES string of the molecule is C=CC(=O)OC(C)(C)C.CCC(=O)c1ccccc1. The Kier molecular flexibility index (Phi) is 7.42. The van der Waals surface area contributed by atoms with Crippen LogP contribution < -0.4 is 0 Å². The maximum absolute atomic E-state index is 11.0. The van der Waals surface area contributed by atoms with E-state index >= 15 is 0 Å². The summed E-state index contributed by atoms with van der Waals surface area (Å²) in [7, 11) is 0. The van der Waals surface area contributed by atoms with E-state index in [4.69, 9.17) is 4.74 Å². The lowest BCUT2D eigenvalue weighted by Crippen LogP contribution is -2.22. The van der Waals surface area contributed by atoms with Gasteiger partial charge >= 0.3 is 5.97 Å². The molecule has 0 aromatic heterocycles. The van der Waals surface area contributed by atoms with Gasteiger partial charge in [-0.05, 0) is 20.8 Å². The normalized spacial score (nSPS) is 9.89. The molecule has 1 aromatic rings. The van der Waals surface area contributed by atoms with Crippen molar-refractivity contribution in [3.63, 3.8) is 0 Å². The van der Waals surface area contributed by atoms with Crippen molar-refractivity contribution in [1.82, 2.24) is 0 Å². The summed E-state index contributed by atoms with van der Waals surface area (Å²) >= 11 is 0. The molecule has 0 aliphatic rings. The molecular formula is C16H22O3. The van der Waals surface area contributed by atoms with Crippen molar-refractivity contribution >= 4 is 11.8 Å². The van der Waals surface area contributed by atoms with E-state index in [0.717, 1.165) is 11.6 Å². The molecule has 0 saturated carbocycles. The average Bonchev–Trinajstić information content (AvgIpc) is 2.37. The van der Waals surface area contributed by atoms with Crippen molar-refractivity contribution in [3.8, 4) is 0 Å². The van der Waals surface area contributed by atoms with Crippen LogP contribution in [0.1, 0.15) is 44.5 Å². The monoisotopic (exact) mass is 262 g/mol. The van der Waals surface area contributed by atoms with Gasteiger partial charge in [-0.2, -0.15) is 0 Å². The summed E-state index contributed by atoms with van der Waals surface area (Å²) in [4.78, 5) is 21.5. The van der Waals surface area contributed by atoms with Gasteiger partial charge in [-0.25, -0.2) is 4.79 Å². The molecule has 104 valence electrons. The van der Waals surface area contributed by atoms with E-state index in [0.29, 0.717) is 6.42 Å². The number of esters is 1. The first-order chi connectivity index (χ1) is 8.80. The first-order valence-corrected chi connectivity index (χ1v) is 6.23. The van der Waals surface area contributed by atoms with Crippen molar-refractivity contribution in [2.75, 3.05) is 0 Å². The molecule has 0 aliphatic heterocycles. The predicted octanol–water partition coefficient (Wildman–Crippen LogP) is 3.79. The fourth-order valence-corrected chi connectivity index (χ4v) is 1.17. The molecule has 1 aromatic carbocycles. The third kappa shape index (κ3) is 8.77. The van der Waals surface area contributed by atoms with Crippen molar-refractivity contribution in [3.05, 3.63) is 48.6 Å². The summed E-state index contributed by atoms with van der Waals surface area (Å²) in [5.74, 6) is -0.164. The van der Waals surface area contributed by atoms with Gasteiger partial charge in [0.1, 0.15) is 5.60 Å². The second-order valence-corrected chi connectivity index (χ2v) is 4.88. The van der Waals surface area contributed by atoms with E-state index in [2.05, 4.69) is 6.58 Å². The van der Waals surface area contributed by atoms with Crippen LogP contribution in [0.15, 0.2) is 43.0 Å². The number of ketones is 1. The predicted molar refractivity (Wildman–Crippen MR) is 77.1 cm³/mol. The molecule has 0 bridgehead atoms. The van der Waals surface area contributed by atoms with Crippen molar-refractivity contribution in [2.45, 2.75) is 39.7 Å². The van der Waals surface area contributed by atoms with Crippen molar-refractivity contribution in [2.24, 2.45) is 0 Å². The fraction of sp³-hybridized carbons (Fsp3) is 0.375. The minimum Gasteiger partial charge on any atom is -0.457 e. The Bertz CT molecular complexity index is 413. The zero-order valence-corrected chi connectivity index (χ0v) is 12.1. The van der Waals surface area contributed by atoms with Crippen LogP contribution in [-0.2, 0) is 9.53 Å². The first-order valence-electron chi connectivity index (χ1n) is 6.23. The number of rotatable bonds is 3. The van der Waals surface area contributed by atoms with Crippen LogP contribution in [0.25, 0.3) is 0 Å². The van der Waals surface area contributed by atoms with Gasteiger partial charge in [-0.15, -0.1) is 0 Å². The van der Waals surface area contributed by atoms with Gasteiger partial charge < -0.3 is 4.74 Å². The highest BCUT2D eigenvalue weighted by Crippen LogP contribution is 2.06. The van der Waals surface area contributed by atoms with Crippen LogP contribution in [0, 0.1) is 0 Å². The Hall–Kier alpha value is -1.90. The van der Waals surface area contributed by atoms with Crippen molar-refractivity contribution < 1.29 is 14.3 Å². The topological polar surface area (TPSA) is 43.4 Å². The van der Waals surface area contributed by atoms with E-state index in [9.17, 15) is 9.59 Å². The summed E-state index contributed by atoms with van der Waals surface area (Å²) in [6.07, 6.45) is 1.75. The molecular weight excluding hydrogens is 240 g/mol. The molecule has 1 rings (SSSR count). The summed E-state index contributed by atoms with van der Waals surface area (Å²) in [5.41, 5.74) is 0.413. The lowest BCUT2D eigenvalue weighted by molar-refractivity contribution is -0.148. The first kappa shape index (κ1) is 17.1. The zero-order valence-electron chi connectivity index (χ0n) is 12.1. The summed E-state index contributed by atoms with van der Waals surface area (Å²) in [6.45, 7) is 10.6. The molecule has 3 heteroatoms. The average molecular weight is 262 g/mol. The highest BCUT2D eigenvalue weighted by molar-refractivity contribution is 5.95. The molecule has 0 amide bonds. The third-order valence-corrected chi connectivity index (χ3v) is 1.99. The van der Waals surface area contributed by atoms with Crippen LogP contribution in [0.4, 0.5) is 0 Å². The van der Waals surface area contributed by atoms with E-state index in [1.54, 1.807) is 0 Å². The molecule has 0 heterocycles. The van der Waals surface area contributed by atoms with E-state index in [-0.39, 0.29) is 11.8 Å². The van der Waals surface area contributed by atoms with E-state index in [1.807, 2.05) is 58.0 Å². The Morgan fingerprint density at radius 1 is 1.21 bits per heavy atom. The zero-order chi connectivity index (χ0) is 14.9. The maximum Gasteiger partial charge on any atom is 0.330 e. The number of benzene rings is 1. The number of hydrogen-bond acceptors (Lipinski definition) is 3. The second-order valence-electron chi connectivity index (χ2n) is 4.88. The fourth-order valence-electron chi connectivity index (χ4n) is 1.17. The second kappa shape index (κ2) is 8.25. The van der Waals surface area contributed by atoms with Gasteiger partial charge in [0.15, 0.2) is 5.78 Å². The van der Waals surface area contributed by atoms with Gasteiger partial charge in [-0.1, -0.05) is 43.8 Å². The van der Waals surface area contributed by atoms with E-state index in [1.165, 1.54) is 0 Å². The summed E-state index contributed by atoms with van der Waals surface area (Å²) < 4.78 is 4.83. The van der Waals surface area contributed by atoms with Crippen LogP contribution in [0.2, 0.25) is 0 Å². The molecule has 19 heavy (non-hydrogen) atoms. The highest BCUT2D eigenvalue weighted by Gasteiger charge is 2.12. The number of hydrogen-bond donors (Lipinski definition) is 0. The molecule has 0 spiro atoms. The lowest BCUT2D eigenvalue weighted by atomic mass is 10.1. The van der Waals surface area contributed by atoms with Crippen LogP contribution >= 0.6 is 0 Å². The molecule has 0 fully saturated rings. The largest absolute Gasteiger partial charge is 0.457 e. The lowest BCUT2D eigenvalue weighted by Gasteiger charge is -2.17. The van der Waals surface area contributed by atoms with Crippen LogP contribution in [0.3, 0.4) is 0 Å². The molecule has 0 unspecified atom stereocenters. The van der Waals surface area contributed by atoms with Gasteiger partial charge in [0.2, 0.25) is 0 Å². The maximum atomic E-state index is 11.0. The van der Waals surface area contributed by atoms with Gasteiger partial charge in [0.05, 0.1) is 0 Å². The quantitative estimate of drug-likeness (QED) is 0.473. The molecule has 0 radical (unpaired) electrons. The van der Waals surface area contributed by atoms with Crippen molar-refractivity contribution in [1.29, 1.82) is 0 Å². The Morgan fingerprint density at radius 3 is 2.05 bits per heavy atom. The minimum atomic E-state index is -0.398. The Labute approximate surface area is 115 Å². The van der Waals surface area contributed by atoms with Crippen LogP contribution in [-0.4, -0.2) is 17.4 Å². The number of carbonyl (C=O) groups is 2. The summed E-state index contributed by atoms with van der Waals surface area (Å²) in [6, 6.07) is 9.34. The van der Waals surface area contributed by atoms with E-state index < -0.39 is 5.60 Å². The van der Waals surface area contributed by atoms with Crippen LogP contribution in [0.5, 0.6) is 0 Å².